The summed E-state index contributed by atoms with van der Waals surface area (Å²) >= 11 is 0. The number of amides is 5. The lowest BCUT2D eigenvalue weighted by molar-refractivity contribution is -0.144. The van der Waals surface area contributed by atoms with Crippen molar-refractivity contribution in [2.75, 3.05) is 26.2 Å². The maximum atomic E-state index is 12.4. The summed E-state index contributed by atoms with van der Waals surface area (Å²) in [5.41, 5.74) is 6.04. The molecule has 0 spiro atoms. The standard InChI is InChI=1S/C15H20N4O4/c1-2-5-18-13(21)14(22)19(15(18)23)8-12(20)17-6-9-3-4-11(16)10(9)7-17/h2,9-11H,1,3-8,16H2. The number of urea groups is 1. The Morgan fingerprint density at radius 2 is 1.87 bits per heavy atom. The smallest absolute Gasteiger partial charge is 0.335 e. The zero-order valence-electron chi connectivity index (χ0n) is 12.8. The quantitative estimate of drug-likeness (QED) is 0.413. The number of fused-ring (bicyclic) bond motifs is 1. The molecule has 8 nitrogen and oxygen atoms in total. The van der Waals surface area contributed by atoms with Crippen molar-refractivity contribution in [3.05, 3.63) is 12.7 Å². The second-order valence-corrected chi connectivity index (χ2v) is 6.34. The highest BCUT2D eigenvalue weighted by molar-refractivity contribution is 6.45. The van der Waals surface area contributed by atoms with E-state index in [4.69, 9.17) is 5.73 Å². The molecule has 0 radical (unpaired) electrons. The van der Waals surface area contributed by atoms with Gasteiger partial charge in [-0.3, -0.25) is 19.3 Å². The Labute approximate surface area is 133 Å². The molecule has 2 saturated heterocycles. The van der Waals surface area contributed by atoms with Crippen molar-refractivity contribution < 1.29 is 19.2 Å². The highest BCUT2D eigenvalue weighted by atomic mass is 16.2. The van der Waals surface area contributed by atoms with Crippen molar-refractivity contribution in [1.29, 1.82) is 0 Å². The van der Waals surface area contributed by atoms with E-state index in [0.717, 1.165) is 17.7 Å². The predicted octanol–water partition coefficient (Wildman–Crippen LogP) is -0.841. The molecule has 8 heteroatoms. The van der Waals surface area contributed by atoms with E-state index in [1.807, 2.05) is 0 Å². The van der Waals surface area contributed by atoms with E-state index in [1.54, 1.807) is 4.90 Å². The summed E-state index contributed by atoms with van der Waals surface area (Å²) in [7, 11) is 0. The highest BCUT2D eigenvalue weighted by Gasteiger charge is 2.47. The number of nitrogens with two attached hydrogens (primary N) is 1. The van der Waals surface area contributed by atoms with E-state index in [0.29, 0.717) is 29.8 Å². The molecule has 0 bridgehead atoms. The Morgan fingerprint density at radius 1 is 1.17 bits per heavy atom. The highest BCUT2D eigenvalue weighted by Crippen LogP contribution is 2.37. The summed E-state index contributed by atoms with van der Waals surface area (Å²) in [4.78, 5) is 51.3. The normalized spacial score (nSPS) is 30.4. The van der Waals surface area contributed by atoms with Gasteiger partial charge in [-0.25, -0.2) is 9.69 Å². The van der Waals surface area contributed by atoms with Gasteiger partial charge >= 0.3 is 17.8 Å². The lowest BCUT2D eigenvalue weighted by Gasteiger charge is -2.21. The summed E-state index contributed by atoms with van der Waals surface area (Å²) in [6.07, 6.45) is 3.34. The van der Waals surface area contributed by atoms with Crippen molar-refractivity contribution in [3.63, 3.8) is 0 Å². The molecular formula is C15H20N4O4. The van der Waals surface area contributed by atoms with Crippen molar-refractivity contribution >= 4 is 23.8 Å². The number of hydrogen-bond donors (Lipinski definition) is 1. The second kappa shape index (κ2) is 5.77. The van der Waals surface area contributed by atoms with Crippen molar-refractivity contribution in [1.82, 2.24) is 14.7 Å². The van der Waals surface area contributed by atoms with E-state index in [1.165, 1.54) is 6.08 Å². The first-order valence-electron chi connectivity index (χ1n) is 7.75. The summed E-state index contributed by atoms with van der Waals surface area (Å²) in [6, 6.07) is -0.651. The van der Waals surface area contributed by atoms with Gasteiger partial charge in [0.2, 0.25) is 5.91 Å². The molecule has 2 heterocycles. The van der Waals surface area contributed by atoms with Crippen LogP contribution in [0.25, 0.3) is 0 Å². The van der Waals surface area contributed by atoms with Crippen LogP contribution in [-0.4, -0.2) is 70.7 Å². The third-order valence-corrected chi connectivity index (χ3v) is 5.01. The van der Waals surface area contributed by atoms with Crippen LogP contribution in [0.4, 0.5) is 4.79 Å². The Hall–Kier alpha value is -2.22. The third-order valence-electron chi connectivity index (χ3n) is 5.01. The molecule has 2 aliphatic heterocycles. The molecule has 0 aromatic rings. The molecule has 3 rings (SSSR count). The van der Waals surface area contributed by atoms with Gasteiger partial charge in [-0.15, -0.1) is 6.58 Å². The molecule has 23 heavy (non-hydrogen) atoms. The van der Waals surface area contributed by atoms with E-state index < -0.39 is 24.4 Å². The fourth-order valence-electron chi connectivity index (χ4n) is 3.73. The molecule has 124 valence electrons. The van der Waals surface area contributed by atoms with Gasteiger partial charge in [-0.2, -0.15) is 0 Å². The monoisotopic (exact) mass is 320 g/mol. The average Bonchev–Trinajstić information content (AvgIpc) is 3.15. The van der Waals surface area contributed by atoms with Crippen molar-refractivity contribution in [3.8, 4) is 0 Å². The van der Waals surface area contributed by atoms with Gasteiger partial charge in [0.05, 0.1) is 0 Å². The number of rotatable bonds is 4. The third kappa shape index (κ3) is 2.52. The molecular weight excluding hydrogens is 300 g/mol. The first-order valence-corrected chi connectivity index (χ1v) is 7.75. The van der Waals surface area contributed by atoms with Crippen LogP contribution in [0.2, 0.25) is 0 Å². The van der Waals surface area contributed by atoms with E-state index in [-0.39, 0.29) is 18.5 Å². The molecule has 3 aliphatic rings. The van der Waals surface area contributed by atoms with Crippen LogP contribution >= 0.6 is 0 Å². The van der Waals surface area contributed by atoms with Gasteiger partial charge in [-0.1, -0.05) is 6.08 Å². The Bertz CT molecular complexity index is 590. The summed E-state index contributed by atoms with van der Waals surface area (Å²) in [6.45, 7) is 4.17. The number of nitrogens with zero attached hydrogens (tertiary/aromatic N) is 3. The minimum Gasteiger partial charge on any atom is -0.341 e. The summed E-state index contributed by atoms with van der Waals surface area (Å²) < 4.78 is 0. The van der Waals surface area contributed by atoms with Gasteiger partial charge in [0.25, 0.3) is 0 Å². The van der Waals surface area contributed by atoms with E-state index in [9.17, 15) is 19.2 Å². The lowest BCUT2D eigenvalue weighted by Crippen LogP contribution is -2.43. The number of carbonyl (C=O) groups excluding carboxylic acids is 4. The predicted molar refractivity (Wildman–Crippen MR) is 79.8 cm³/mol. The minimum atomic E-state index is -0.957. The molecule has 0 aromatic heterocycles. The van der Waals surface area contributed by atoms with E-state index in [2.05, 4.69) is 6.58 Å². The largest absolute Gasteiger partial charge is 0.341 e. The average molecular weight is 320 g/mol. The number of hydrogen-bond acceptors (Lipinski definition) is 5. The van der Waals surface area contributed by atoms with Crippen LogP contribution in [0.3, 0.4) is 0 Å². The zero-order valence-corrected chi connectivity index (χ0v) is 12.8. The summed E-state index contributed by atoms with van der Waals surface area (Å²) in [5.74, 6) is -1.49. The van der Waals surface area contributed by atoms with Gasteiger partial charge in [0, 0.05) is 25.7 Å². The summed E-state index contributed by atoms with van der Waals surface area (Å²) in [5, 5.41) is 0. The first-order chi connectivity index (χ1) is 10.9. The van der Waals surface area contributed by atoms with Crippen molar-refractivity contribution in [2.24, 2.45) is 17.6 Å². The number of carbonyl (C=O) groups is 4. The van der Waals surface area contributed by atoms with Crippen LogP contribution in [0.15, 0.2) is 12.7 Å². The Balaban J connectivity index is 1.64. The Kier molecular flexibility index (Phi) is 3.93. The van der Waals surface area contributed by atoms with Crippen LogP contribution in [0.5, 0.6) is 0 Å². The minimum absolute atomic E-state index is 0.0448. The molecule has 1 aliphatic carbocycles. The van der Waals surface area contributed by atoms with Crippen LogP contribution < -0.4 is 5.73 Å². The van der Waals surface area contributed by atoms with Crippen LogP contribution in [0, 0.1) is 11.8 Å². The lowest BCUT2D eigenvalue weighted by atomic mass is 9.98. The second-order valence-electron chi connectivity index (χ2n) is 6.34. The number of imide groups is 2. The molecule has 0 aromatic carbocycles. The van der Waals surface area contributed by atoms with Gasteiger partial charge in [0.1, 0.15) is 6.54 Å². The molecule has 3 fully saturated rings. The van der Waals surface area contributed by atoms with Crippen LogP contribution in [-0.2, 0) is 14.4 Å². The maximum absolute atomic E-state index is 12.4. The first kappa shape index (κ1) is 15.7. The molecule has 5 amide bonds. The topological polar surface area (TPSA) is 104 Å². The molecule has 3 unspecified atom stereocenters. The number of likely N-dealkylation sites (tertiary alicyclic amines) is 1. The molecule has 2 N–H and O–H groups in total. The Morgan fingerprint density at radius 3 is 2.52 bits per heavy atom. The van der Waals surface area contributed by atoms with Gasteiger partial charge < -0.3 is 10.6 Å². The van der Waals surface area contributed by atoms with Crippen LogP contribution in [0.1, 0.15) is 12.8 Å². The maximum Gasteiger partial charge on any atom is 0.335 e. The van der Waals surface area contributed by atoms with Gasteiger partial charge in [-0.05, 0) is 24.7 Å². The molecule has 1 saturated carbocycles. The van der Waals surface area contributed by atoms with E-state index >= 15 is 0 Å². The molecule has 3 atom stereocenters. The van der Waals surface area contributed by atoms with Crippen molar-refractivity contribution in [2.45, 2.75) is 18.9 Å². The fourth-order valence-corrected chi connectivity index (χ4v) is 3.73. The zero-order chi connectivity index (χ0) is 16.7. The fraction of sp³-hybridized carbons (Fsp3) is 0.600. The SMILES string of the molecule is C=CCN1C(=O)C(=O)N(CC(=O)N2CC3CCC(N)C3C2)C1=O. The van der Waals surface area contributed by atoms with Gasteiger partial charge in [0.15, 0.2) is 0 Å².